The Morgan fingerprint density at radius 2 is 1.54 bits per heavy atom. The summed E-state index contributed by atoms with van der Waals surface area (Å²) in [7, 11) is 0. The molecule has 2 aromatic rings. The number of likely N-dealkylation sites (tertiary alicyclic amines) is 1. The molecular weight excluding hydrogens is 650 g/mol. The number of benzene rings is 2. The zero-order chi connectivity index (χ0) is 36.4. The molecule has 0 spiro atoms. The van der Waals surface area contributed by atoms with Crippen molar-refractivity contribution < 1.29 is 48.5 Å². The van der Waals surface area contributed by atoms with Crippen LogP contribution in [0.5, 0.6) is 0 Å². The summed E-state index contributed by atoms with van der Waals surface area (Å²) < 4.78 is 5.49. The van der Waals surface area contributed by atoms with Gasteiger partial charge in [-0.3, -0.25) is 24.0 Å². The number of hydrogen-bond acceptors (Lipinski definition) is 8. The summed E-state index contributed by atoms with van der Waals surface area (Å²) in [6, 6.07) is 12.2. The van der Waals surface area contributed by atoms with Crippen LogP contribution in [0.2, 0.25) is 0 Å². The van der Waals surface area contributed by atoms with Crippen molar-refractivity contribution in [1.29, 1.82) is 0 Å². The second kappa shape index (κ2) is 17.3. The van der Waals surface area contributed by atoms with E-state index in [2.05, 4.69) is 21.3 Å². The predicted molar refractivity (Wildman–Crippen MR) is 179 cm³/mol. The van der Waals surface area contributed by atoms with Gasteiger partial charge in [0.25, 0.3) is 0 Å². The first-order valence-corrected chi connectivity index (χ1v) is 16.6. The highest BCUT2D eigenvalue weighted by atomic mass is 16.5. The molecule has 268 valence electrons. The molecule has 5 amide bonds. The average Bonchev–Trinajstić information content (AvgIpc) is 3.72. The number of carbonyl (C=O) groups is 7. The second-order valence-electron chi connectivity index (χ2n) is 12.4. The Morgan fingerprint density at radius 1 is 0.900 bits per heavy atom. The van der Waals surface area contributed by atoms with Gasteiger partial charge in [0.1, 0.15) is 31.3 Å². The molecule has 1 aliphatic heterocycles. The number of carbonyl (C=O) groups excluding carboxylic acids is 5. The van der Waals surface area contributed by atoms with Crippen LogP contribution in [0.15, 0.2) is 48.5 Å². The molecule has 4 atom stereocenters. The molecule has 1 fully saturated rings. The van der Waals surface area contributed by atoms with Crippen LogP contribution in [-0.2, 0) is 33.5 Å². The van der Waals surface area contributed by atoms with Crippen LogP contribution in [-0.4, -0.2) is 101 Å². The number of hydrogen-bond donors (Lipinski definition) is 6. The van der Waals surface area contributed by atoms with Gasteiger partial charge < -0.3 is 41.1 Å². The summed E-state index contributed by atoms with van der Waals surface area (Å²) >= 11 is 0. The summed E-state index contributed by atoms with van der Waals surface area (Å²) in [4.78, 5) is 88.4. The van der Waals surface area contributed by atoms with Crippen molar-refractivity contribution in [3.63, 3.8) is 0 Å². The van der Waals surface area contributed by atoms with E-state index in [0.717, 1.165) is 22.3 Å². The van der Waals surface area contributed by atoms with E-state index in [1.54, 1.807) is 13.8 Å². The van der Waals surface area contributed by atoms with Crippen LogP contribution in [0.1, 0.15) is 63.0 Å². The lowest BCUT2D eigenvalue weighted by atomic mass is 9.98. The Balaban J connectivity index is 1.29. The van der Waals surface area contributed by atoms with Crippen LogP contribution in [0.3, 0.4) is 0 Å². The number of aliphatic carboxylic acids is 2. The number of ether oxygens (including phenoxy) is 1. The predicted octanol–water partition coefficient (Wildman–Crippen LogP) is 1.60. The maximum absolute atomic E-state index is 13.3. The largest absolute Gasteiger partial charge is 0.481 e. The number of nitrogens with one attached hydrogen (secondary N) is 4. The van der Waals surface area contributed by atoms with Crippen LogP contribution in [0.25, 0.3) is 11.1 Å². The molecule has 0 bridgehead atoms. The zero-order valence-electron chi connectivity index (χ0n) is 28.0. The lowest BCUT2D eigenvalue weighted by Crippen LogP contribution is -2.55. The van der Waals surface area contributed by atoms with Crippen molar-refractivity contribution >= 4 is 41.7 Å². The average molecular weight is 694 g/mol. The quantitative estimate of drug-likeness (QED) is 0.149. The Hall–Kier alpha value is -5.47. The highest BCUT2D eigenvalue weighted by Gasteiger charge is 2.36. The van der Waals surface area contributed by atoms with E-state index in [-0.39, 0.29) is 37.8 Å². The Bertz CT molecular complexity index is 1570. The van der Waals surface area contributed by atoms with Crippen molar-refractivity contribution in [2.24, 2.45) is 5.92 Å². The van der Waals surface area contributed by atoms with Gasteiger partial charge >= 0.3 is 18.0 Å². The van der Waals surface area contributed by atoms with Gasteiger partial charge in [-0.05, 0) is 47.4 Å². The molecule has 0 unspecified atom stereocenters. The number of nitrogens with zero attached hydrogens (tertiary/aromatic N) is 1. The fourth-order valence-corrected chi connectivity index (χ4v) is 6.24. The first kappa shape index (κ1) is 37.4. The monoisotopic (exact) mass is 693 g/mol. The van der Waals surface area contributed by atoms with Crippen molar-refractivity contribution in [2.75, 3.05) is 26.2 Å². The van der Waals surface area contributed by atoms with Crippen LogP contribution < -0.4 is 21.3 Å². The summed E-state index contributed by atoms with van der Waals surface area (Å²) in [6.45, 7) is 2.66. The van der Waals surface area contributed by atoms with E-state index < -0.39 is 79.3 Å². The smallest absolute Gasteiger partial charge is 0.407 e. The molecule has 1 aliphatic carbocycles. The van der Waals surface area contributed by atoms with Crippen molar-refractivity contribution in [3.8, 4) is 11.1 Å². The summed E-state index contributed by atoms with van der Waals surface area (Å²) in [5.74, 6) is -5.85. The molecule has 0 aromatic heterocycles. The van der Waals surface area contributed by atoms with Crippen molar-refractivity contribution in [1.82, 2.24) is 26.2 Å². The number of fused-ring (bicyclic) bond motifs is 3. The van der Waals surface area contributed by atoms with Gasteiger partial charge in [0.05, 0.1) is 6.54 Å². The third-order valence-corrected chi connectivity index (χ3v) is 9.10. The maximum Gasteiger partial charge on any atom is 0.407 e. The van der Waals surface area contributed by atoms with Gasteiger partial charge in [0.2, 0.25) is 23.6 Å². The number of rotatable bonds is 16. The lowest BCUT2D eigenvalue weighted by Gasteiger charge is -2.26. The third kappa shape index (κ3) is 9.36. The van der Waals surface area contributed by atoms with E-state index in [1.165, 1.54) is 4.90 Å². The molecule has 15 heteroatoms. The topological polar surface area (TPSA) is 221 Å². The SMILES string of the molecule is CC[C@H](C)[C@H](NC(=O)CNC(=O)[C@H](CCC(=O)O)NC(=O)[C@@H]1CCCN1C(=O)CNC(=O)OCC1c2ccccc2-c2ccccc21)C(=O)O. The standard InChI is InChI=1S/C35H43N5O10/c1-3-20(2)31(34(47)48)39-28(41)17-36-32(45)26(14-15-30(43)44)38-33(46)27-13-8-16-40(27)29(42)18-37-35(49)50-19-25-23-11-6-4-9-21(23)22-10-5-7-12-24(22)25/h4-7,9-12,20,25-27,31H,3,8,13-19H2,1-2H3,(H,36,45)(H,37,49)(H,38,46)(H,39,41)(H,43,44)(H,47,48)/t20-,26-,27-,31-/m0/s1. The number of alkyl carbamates (subject to hydrolysis) is 1. The highest BCUT2D eigenvalue weighted by Crippen LogP contribution is 2.44. The molecule has 50 heavy (non-hydrogen) atoms. The number of amides is 5. The Labute approximate surface area is 289 Å². The van der Waals surface area contributed by atoms with Gasteiger partial charge in [-0.15, -0.1) is 0 Å². The second-order valence-corrected chi connectivity index (χ2v) is 12.4. The molecule has 1 heterocycles. The van der Waals surface area contributed by atoms with E-state index in [4.69, 9.17) is 4.74 Å². The van der Waals surface area contributed by atoms with Crippen LogP contribution in [0.4, 0.5) is 4.79 Å². The summed E-state index contributed by atoms with van der Waals surface area (Å²) in [6.07, 6.45) is -0.348. The van der Waals surface area contributed by atoms with Gasteiger partial charge in [0, 0.05) is 18.9 Å². The molecule has 0 radical (unpaired) electrons. The summed E-state index contributed by atoms with van der Waals surface area (Å²) in [5, 5.41) is 28.2. The fourth-order valence-electron chi connectivity index (χ4n) is 6.24. The minimum atomic E-state index is -1.35. The van der Waals surface area contributed by atoms with Crippen molar-refractivity contribution in [2.45, 2.75) is 70.0 Å². The third-order valence-electron chi connectivity index (χ3n) is 9.10. The molecule has 6 N–H and O–H groups in total. The normalized spacial score (nSPS) is 16.6. The number of carboxylic acids is 2. The highest BCUT2D eigenvalue weighted by molar-refractivity contribution is 5.95. The van der Waals surface area contributed by atoms with E-state index >= 15 is 0 Å². The van der Waals surface area contributed by atoms with E-state index in [1.807, 2.05) is 48.5 Å². The van der Waals surface area contributed by atoms with Gasteiger partial charge in [0.15, 0.2) is 0 Å². The lowest BCUT2D eigenvalue weighted by molar-refractivity contribution is -0.143. The first-order chi connectivity index (χ1) is 23.9. The maximum atomic E-state index is 13.3. The molecule has 4 rings (SSSR count). The zero-order valence-corrected chi connectivity index (χ0v) is 28.0. The molecule has 1 saturated heterocycles. The minimum absolute atomic E-state index is 0.0578. The van der Waals surface area contributed by atoms with Gasteiger partial charge in [-0.2, -0.15) is 0 Å². The van der Waals surface area contributed by atoms with E-state index in [0.29, 0.717) is 12.8 Å². The fraction of sp³-hybridized carbons (Fsp3) is 0.457. The van der Waals surface area contributed by atoms with Crippen molar-refractivity contribution in [3.05, 3.63) is 59.7 Å². The molecule has 2 aromatic carbocycles. The van der Waals surface area contributed by atoms with Gasteiger partial charge in [-0.25, -0.2) is 9.59 Å². The van der Waals surface area contributed by atoms with Crippen LogP contribution in [0, 0.1) is 5.92 Å². The Kier molecular flexibility index (Phi) is 12.9. The molecular formula is C35H43N5O10. The van der Waals surface area contributed by atoms with Gasteiger partial charge in [-0.1, -0.05) is 68.8 Å². The van der Waals surface area contributed by atoms with Crippen LogP contribution >= 0.6 is 0 Å². The molecule has 15 nitrogen and oxygen atoms in total. The summed E-state index contributed by atoms with van der Waals surface area (Å²) in [5.41, 5.74) is 4.22. The molecule has 0 saturated carbocycles. The first-order valence-electron chi connectivity index (χ1n) is 16.6. The molecule has 2 aliphatic rings. The minimum Gasteiger partial charge on any atom is -0.481 e. The number of carboxylic acid groups (broad SMARTS) is 2. The van der Waals surface area contributed by atoms with E-state index in [9.17, 15) is 43.8 Å². The Morgan fingerprint density at radius 3 is 2.14 bits per heavy atom.